The van der Waals surface area contributed by atoms with Crippen LogP contribution in [0.3, 0.4) is 0 Å². The molecule has 5 aromatic rings. The number of furan rings is 1. The average molecular weight is 398 g/mol. The Morgan fingerprint density at radius 3 is 2.59 bits per heavy atom. The fraction of sp³-hybridized carbons (Fsp3) is 0.0833. The first-order valence-electron chi connectivity index (χ1n) is 9.42. The van der Waals surface area contributed by atoms with Crippen LogP contribution in [0.2, 0.25) is 0 Å². The molecule has 0 saturated heterocycles. The molecule has 2 aromatic heterocycles. The molecule has 0 saturated carbocycles. The summed E-state index contributed by atoms with van der Waals surface area (Å²) in [4.78, 5) is 19.7. The molecule has 0 aliphatic heterocycles. The molecule has 0 bridgehead atoms. The number of nitrogens with zero attached hydrogens (tertiary/aromatic N) is 2. The Labute approximate surface area is 172 Å². The van der Waals surface area contributed by atoms with Crippen molar-refractivity contribution in [1.29, 1.82) is 0 Å². The van der Waals surface area contributed by atoms with E-state index in [-0.39, 0.29) is 5.91 Å². The maximum absolute atomic E-state index is 13.3. The van der Waals surface area contributed by atoms with Gasteiger partial charge in [-0.3, -0.25) is 9.69 Å². The maximum atomic E-state index is 13.3. The molecule has 0 atom stereocenters. The monoisotopic (exact) mass is 398 g/mol. The van der Waals surface area contributed by atoms with E-state index in [1.165, 1.54) is 16.7 Å². The Morgan fingerprint density at radius 1 is 0.931 bits per heavy atom. The lowest BCUT2D eigenvalue weighted by molar-refractivity contribution is -0.118. The van der Waals surface area contributed by atoms with Crippen LogP contribution in [0.1, 0.15) is 11.3 Å². The van der Waals surface area contributed by atoms with Gasteiger partial charge in [-0.25, -0.2) is 4.98 Å². The average Bonchev–Trinajstić information content (AvgIpc) is 3.41. The van der Waals surface area contributed by atoms with Gasteiger partial charge in [-0.15, -0.1) is 0 Å². The van der Waals surface area contributed by atoms with Crippen LogP contribution < -0.4 is 4.90 Å². The second-order valence-corrected chi connectivity index (χ2v) is 7.89. The molecule has 29 heavy (non-hydrogen) atoms. The highest BCUT2D eigenvalue weighted by atomic mass is 32.1. The Hall–Kier alpha value is -3.44. The van der Waals surface area contributed by atoms with Crippen molar-refractivity contribution < 1.29 is 9.21 Å². The third-order valence-corrected chi connectivity index (χ3v) is 5.94. The minimum Gasteiger partial charge on any atom is -0.467 e. The van der Waals surface area contributed by atoms with Crippen molar-refractivity contribution in [3.8, 4) is 0 Å². The summed E-state index contributed by atoms with van der Waals surface area (Å²) >= 11 is 1.52. The first-order valence-corrected chi connectivity index (χ1v) is 10.2. The molecule has 3 aromatic carbocycles. The molecule has 1 amide bonds. The first kappa shape index (κ1) is 17.6. The predicted molar refractivity (Wildman–Crippen MR) is 117 cm³/mol. The Kier molecular flexibility index (Phi) is 4.58. The minimum absolute atomic E-state index is 0.00395. The van der Waals surface area contributed by atoms with Crippen molar-refractivity contribution in [2.75, 3.05) is 4.90 Å². The summed E-state index contributed by atoms with van der Waals surface area (Å²) in [7, 11) is 0. The fourth-order valence-corrected chi connectivity index (χ4v) is 4.40. The molecule has 5 rings (SSSR count). The summed E-state index contributed by atoms with van der Waals surface area (Å²) in [5, 5.41) is 2.99. The van der Waals surface area contributed by atoms with E-state index in [0.29, 0.717) is 18.1 Å². The normalized spacial score (nSPS) is 11.2. The van der Waals surface area contributed by atoms with Gasteiger partial charge in [0.1, 0.15) is 5.76 Å². The predicted octanol–water partition coefficient (Wildman–Crippen LogP) is 5.82. The largest absolute Gasteiger partial charge is 0.467 e. The lowest BCUT2D eigenvalue weighted by Gasteiger charge is -2.19. The Morgan fingerprint density at radius 2 is 1.76 bits per heavy atom. The van der Waals surface area contributed by atoms with E-state index in [1.54, 1.807) is 11.2 Å². The van der Waals surface area contributed by atoms with Gasteiger partial charge < -0.3 is 4.42 Å². The van der Waals surface area contributed by atoms with E-state index in [9.17, 15) is 4.79 Å². The van der Waals surface area contributed by atoms with Gasteiger partial charge in [0.2, 0.25) is 5.91 Å². The Bertz CT molecular complexity index is 1260. The van der Waals surface area contributed by atoms with Crippen molar-refractivity contribution in [2.45, 2.75) is 13.0 Å². The van der Waals surface area contributed by atoms with Gasteiger partial charge in [0.15, 0.2) is 5.13 Å². The number of carbonyl (C=O) groups excluding carboxylic acids is 1. The SMILES string of the molecule is O=C(Cc1ccc2ccccc2c1)N(Cc1ccco1)c1nc2ccccc2s1. The summed E-state index contributed by atoms with van der Waals surface area (Å²) in [5.74, 6) is 0.729. The van der Waals surface area contributed by atoms with Gasteiger partial charge in [0, 0.05) is 0 Å². The van der Waals surface area contributed by atoms with Gasteiger partial charge in [0.25, 0.3) is 0 Å². The van der Waals surface area contributed by atoms with Crippen molar-refractivity contribution in [3.05, 3.63) is 96.4 Å². The second kappa shape index (κ2) is 7.53. The summed E-state index contributed by atoms with van der Waals surface area (Å²) in [6.45, 7) is 0.360. The van der Waals surface area contributed by atoms with Crippen molar-refractivity contribution in [3.63, 3.8) is 0 Å². The lowest BCUT2D eigenvalue weighted by atomic mass is 10.0. The molecular formula is C24H18N2O2S. The number of para-hydroxylation sites is 1. The minimum atomic E-state index is -0.00395. The van der Waals surface area contributed by atoms with Crippen molar-refractivity contribution in [2.24, 2.45) is 0 Å². The third kappa shape index (κ3) is 3.65. The van der Waals surface area contributed by atoms with Gasteiger partial charge in [-0.1, -0.05) is 65.9 Å². The zero-order valence-electron chi connectivity index (χ0n) is 15.6. The first-order chi connectivity index (χ1) is 14.3. The molecule has 142 valence electrons. The van der Waals surface area contributed by atoms with Crippen molar-refractivity contribution >= 4 is 43.4 Å². The van der Waals surface area contributed by atoms with Crippen LogP contribution in [-0.2, 0) is 17.8 Å². The number of hydrogen-bond acceptors (Lipinski definition) is 4. The van der Waals surface area contributed by atoms with E-state index < -0.39 is 0 Å². The zero-order valence-corrected chi connectivity index (χ0v) is 16.4. The molecule has 0 unspecified atom stereocenters. The molecule has 0 radical (unpaired) electrons. The summed E-state index contributed by atoms with van der Waals surface area (Å²) in [6, 6.07) is 26.0. The van der Waals surface area contributed by atoms with E-state index in [0.717, 1.165) is 26.9 Å². The highest BCUT2D eigenvalue weighted by Crippen LogP contribution is 2.30. The topological polar surface area (TPSA) is 46.3 Å². The summed E-state index contributed by atoms with van der Waals surface area (Å²) in [5.41, 5.74) is 1.88. The zero-order chi connectivity index (χ0) is 19.6. The Balaban J connectivity index is 1.47. The molecule has 0 aliphatic carbocycles. The lowest BCUT2D eigenvalue weighted by Crippen LogP contribution is -2.31. The number of benzene rings is 3. The van der Waals surface area contributed by atoms with E-state index in [1.807, 2.05) is 54.6 Å². The highest BCUT2D eigenvalue weighted by molar-refractivity contribution is 7.22. The molecule has 0 spiro atoms. The van der Waals surface area contributed by atoms with Gasteiger partial charge in [0.05, 0.1) is 29.4 Å². The van der Waals surface area contributed by atoms with Crippen LogP contribution in [-0.4, -0.2) is 10.9 Å². The number of anilines is 1. The quantitative estimate of drug-likeness (QED) is 0.375. The summed E-state index contributed by atoms with van der Waals surface area (Å²) < 4.78 is 6.56. The number of rotatable bonds is 5. The second-order valence-electron chi connectivity index (χ2n) is 6.88. The number of fused-ring (bicyclic) bond motifs is 2. The number of thiazole rings is 1. The van der Waals surface area contributed by atoms with Crippen LogP contribution in [0, 0.1) is 0 Å². The van der Waals surface area contributed by atoms with Crippen molar-refractivity contribution in [1.82, 2.24) is 4.98 Å². The summed E-state index contributed by atoms with van der Waals surface area (Å²) in [6.07, 6.45) is 1.93. The molecule has 0 aliphatic rings. The fourth-order valence-electron chi connectivity index (χ4n) is 3.42. The number of hydrogen-bond donors (Lipinski definition) is 0. The molecule has 0 N–H and O–H groups in total. The molecular weight excluding hydrogens is 380 g/mol. The van der Waals surface area contributed by atoms with Gasteiger partial charge >= 0.3 is 0 Å². The number of amides is 1. The van der Waals surface area contributed by atoms with E-state index in [2.05, 4.69) is 29.2 Å². The van der Waals surface area contributed by atoms with Crippen LogP contribution in [0.25, 0.3) is 21.0 Å². The van der Waals surface area contributed by atoms with Gasteiger partial charge in [-0.2, -0.15) is 0 Å². The molecule has 5 heteroatoms. The van der Waals surface area contributed by atoms with Crippen LogP contribution >= 0.6 is 11.3 Å². The van der Waals surface area contributed by atoms with Crippen LogP contribution in [0.4, 0.5) is 5.13 Å². The molecule has 4 nitrogen and oxygen atoms in total. The van der Waals surface area contributed by atoms with Gasteiger partial charge in [-0.05, 0) is 40.6 Å². The van der Waals surface area contributed by atoms with E-state index in [4.69, 9.17) is 4.42 Å². The molecule has 2 heterocycles. The maximum Gasteiger partial charge on any atom is 0.233 e. The molecule has 0 fully saturated rings. The standard InChI is InChI=1S/C24H18N2O2S/c27-23(15-17-11-12-18-6-1-2-7-19(18)14-17)26(16-20-8-5-13-28-20)24-25-21-9-3-4-10-22(21)29-24/h1-14H,15-16H2. The number of aromatic nitrogens is 1. The van der Waals surface area contributed by atoms with E-state index >= 15 is 0 Å². The smallest absolute Gasteiger partial charge is 0.233 e. The highest BCUT2D eigenvalue weighted by Gasteiger charge is 2.21. The van der Waals surface area contributed by atoms with Crippen LogP contribution in [0.5, 0.6) is 0 Å². The number of carbonyl (C=O) groups is 1. The third-order valence-electron chi connectivity index (χ3n) is 4.88. The van der Waals surface area contributed by atoms with Crippen LogP contribution in [0.15, 0.2) is 89.5 Å².